The van der Waals surface area contributed by atoms with Gasteiger partial charge in [-0.2, -0.15) is 10.5 Å². The van der Waals surface area contributed by atoms with Crippen molar-refractivity contribution in [2.45, 2.75) is 52.4 Å². The Bertz CT molecular complexity index is 3540. The molecule has 0 saturated carbocycles. The number of hydrogen-bond acceptors (Lipinski definition) is 4. The third-order valence-corrected chi connectivity index (χ3v) is 14.9. The second-order valence-corrected chi connectivity index (χ2v) is 17.9. The molecule has 0 saturated heterocycles. The molecule has 0 N–H and O–H groups in total. The van der Waals surface area contributed by atoms with Crippen LogP contribution in [0.25, 0.3) is 98.9 Å². The van der Waals surface area contributed by atoms with Crippen molar-refractivity contribution in [2.75, 3.05) is 0 Å². The van der Waals surface area contributed by atoms with E-state index in [4.69, 9.17) is 8.83 Å². The Morgan fingerprint density at radius 2 is 0.780 bits per heavy atom. The van der Waals surface area contributed by atoms with Crippen molar-refractivity contribution in [3.8, 4) is 23.5 Å². The molecular formula is C53H38N4O2. The Kier molecular flexibility index (Phi) is 6.31. The van der Waals surface area contributed by atoms with Crippen molar-refractivity contribution in [1.29, 1.82) is 10.5 Å². The Morgan fingerprint density at radius 3 is 1.19 bits per heavy atom. The first-order valence-electron chi connectivity index (χ1n) is 20.2. The largest absolute Gasteiger partial charge is 0.454 e. The number of rotatable bonds is 2. The number of furan rings is 2. The van der Waals surface area contributed by atoms with E-state index in [0.717, 1.165) is 110 Å². The first-order chi connectivity index (χ1) is 28.5. The van der Waals surface area contributed by atoms with Crippen molar-refractivity contribution in [3.05, 3.63) is 144 Å². The van der Waals surface area contributed by atoms with Gasteiger partial charge in [0.25, 0.3) is 0 Å². The third-order valence-electron chi connectivity index (χ3n) is 14.9. The van der Waals surface area contributed by atoms with Gasteiger partial charge in [-0.15, -0.1) is 0 Å². The van der Waals surface area contributed by atoms with Crippen molar-refractivity contribution < 1.29 is 8.83 Å². The standard InChI is InChI=1S/C53H38N4O2/c1-51(2)43-44(52(3,4)53(51,5)6)46(57-40-20-12-8-16-30(40)34-24-26-36-32-18-10-14-22-42(32)59-50(36)48(34)57)38(28-55)37(27-54)45(43)56-39-19-11-7-15-29(39)33-23-25-35-31-17-9-13-21-41(31)58-49(35)47(33)56/h7-26H,1-6H3. The summed E-state index contributed by atoms with van der Waals surface area (Å²) in [7, 11) is 0. The topological polar surface area (TPSA) is 83.7 Å². The monoisotopic (exact) mass is 762 g/mol. The van der Waals surface area contributed by atoms with E-state index in [2.05, 4.69) is 148 Å². The second-order valence-electron chi connectivity index (χ2n) is 17.9. The smallest absolute Gasteiger partial charge is 0.160 e. The normalized spacial score (nSPS) is 15.7. The molecule has 0 bridgehead atoms. The molecule has 282 valence electrons. The highest BCUT2D eigenvalue weighted by atomic mass is 16.3. The summed E-state index contributed by atoms with van der Waals surface area (Å²) in [4.78, 5) is 0. The summed E-state index contributed by atoms with van der Waals surface area (Å²) in [6, 6.07) is 47.1. The number of para-hydroxylation sites is 4. The van der Waals surface area contributed by atoms with Gasteiger partial charge in [-0.3, -0.25) is 0 Å². The molecule has 7 aromatic carbocycles. The van der Waals surface area contributed by atoms with Crippen LogP contribution in [0.15, 0.2) is 130 Å². The summed E-state index contributed by atoms with van der Waals surface area (Å²) in [5, 5.41) is 31.6. The van der Waals surface area contributed by atoms with Gasteiger partial charge in [0.1, 0.15) is 23.3 Å². The van der Waals surface area contributed by atoms with Crippen LogP contribution >= 0.6 is 0 Å². The number of nitrogens with zero attached hydrogens (tertiary/aromatic N) is 4. The minimum Gasteiger partial charge on any atom is -0.454 e. The zero-order valence-electron chi connectivity index (χ0n) is 33.7. The summed E-state index contributed by atoms with van der Waals surface area (Å²) in [6.45, 7) is 13.9. The molecule has 12 rings (SSSR count). The summed E-state index contributed by atoms with van der Waals surface area (Å²) in [6.07, 6.45) is 0. The van der Waals surface area contributed by atoms with Gasteiger partial charge in [-0.05, 0) is 63.8 Å². The molecule has 4 heterocycles. The Morgan fingerprint density at radius 1 is 0.424 bits per heavy atom. The van der Waals surface area contributed by atoms with Gasteiger partial charge in [0.05, 0.1) is 44.6 Å². The minimum atomic E-state index is -0.498. The van der Waals surface area contributed by atoms with Crippen LogP contribution in [0.5, 0.6) is 0 Å². The van der Waals surface area contributed by atoms with E-state index in [-0.39, 0.29) is 5.41 Å². The lowest BCUT2D eigenvalue weighted by atomic mass is 9.59. The zero-order chi connectivity index (χ0) is 40.3. The van der Waals surface area contributed by atoms with E-state index in [1.807, 2.05) is 36.4 Å². The van der Waals surface area contributed by atoms with Crippen LogP contribution < -0.4 is 0 Å². The quantitative estimate of drug-likeness (QED) is 0.176. The molecule has 6 nitrogen and oxygen atoms in total. The molecule has 0 aliphatic heterocycles. The van der Waals surface area contributed by atoms with Gasteiger partial charge in [0.15, 0.2) is 11.2 Å². The van der Waals surface area contributed by atoms with E-state index in [9.17, 15) is 10.5 Å². The van der Waals surface area contributed by atoms with Crippen molar-refractivity contribution >= 4 is 87.5 Å². The molecule has 1 aliphatic carbocycles. The SMILES string of the molecule is CC1(C)c2c(-n3c4ccccc4c4ccc5c6ccccc6oc5c43)c(C#N)c(C#N)c(-n3c4ccccc4c4ccc5c6ccccc6oc5c43)c2C(C)(C)C1(C)C. The Hall–Kier alpha value is -7.28. The number of benzene rings is 7. The number of aromatic nitrogens is 2. The fourth-order valence-corrected chi connectivity index (χ4v) is 10.9. The van der Waals surface area contributed by atoms with Crippen molar-refractivity contribution in [3.63, 3.8) is 0 Å². The molecule has 0 amide bonds. The number of hydrogen-bond donors (Lipinski definition) is 0. The maximum atomic E-state index is 11.7. The van der Waals surface area contributed by atoms with Crippen LogP contribution in [0.1, 0.15) is 63.8 Å². The number of fused-ring (bicyclic) bond motifs is 15. The first-order valence-corrected chi connectivity index (χ1v) is 20.2. The molecule has 0 atom stereocenters. The highest BCUT2D eigenvalue weighted by Gasteiger charge is 2.60. The fraction of sp³-hybridized carbons (Fsp3) is 0.170. The average molecular weight is 763 g/mol. The van der Waals surface area contributed by atoms with Gasteiger partial charge < -0.3 is 18.0 Å². The fourth-order valence-electron chi connectivity index (χ4n) is 10.9. The summed E-state index contributed by atoms with van der Waals surface area (Å²) in [5.41, 5.74) is 9.68. The van der Waals surface area contributed by atoms with E-state index >= 15 is 0 Å². The molecule has 0 spiro atoms. The minimum absolute atomic E-state index is 0.335. The molecule has 0 radical (unpaired) electrons. The maximum Gasteiger partial charge on any atom is 0.160 e. The highest BCUT2D eigenvalue weighted by molar-refractivity contribution is 6.23. The zero-order valence-corrected chi connectivity index (χ0v) is 33.7. The molecule has 6 heteroatoms. The molecule has 1 aliphatic rings. The Balaban J connectivity index is 1.36. The summed E-state index contributed by atoms with van der Waals surface area (Å²) in [5.74, 6) is 0. The van der Waals surface area contributed by atoms with Crippen LogP contribution in [0, 0.1) is 28.1 Å². The van der Waals surface area contributed by atoms with E-state index in [0.29, 0.717) is 11.1 Å². The van der Waals surface area contributed by atoms with Crippen molar-refractivity contribution in [1.82, 2.24) is 9.13 Å². The van der Waals surface area contributed by atoms with Crippen LogP contribution in [0.4, 0.5) is 0 Å². The van der Waals surface area contributed by atoms with Gasteiger partial charge in [0, 0.05) is 43.1 Å². The second kappa shape index (κ2) is 11.0. The summed E-state index contributed by atoms with van der Waals surface area (Å²) >= 11 is 0. The van der Waals surface area contributed by atoms with E-state index < -0.39 is 10.8 Å². The van der Waals surface area contributed by atoms with Gasteiger partial charge in [-0.25, -0.2) is 0 Å². The van der Waals surface area contributed by atoms with E-state index in [1.54, 1.807) is 0 Å². The Labute approximate surface area is 339 Å². The molecular weight excluding hydrogens is 725 g/mol. The predicted molar refractivity (Wildman–Crippen MR) is 239 cm³/mol. The maximum absolute atomic E-state index is 11.7. The van der Waals surface area contributed by atoms with Crippen LogP contribution in [0.3, 0.4) is 0 Å². The van der Waals surface area contributed by atoms with Crippen LogP contribution in [-0.4, -0.2) is 9.13 Å². The molecule has 11 aromatic rings. The van der Waals surface area contributed by atoms with Gasteiger partial charge in [-0.1, -0.05) is 126 Å². The van der Waals surface area contributed by atoms with Gasteiger partial charge >= 0.3 is 0 Å². The first kappa shape index (κ1) is 33.8. The number of nitriles is 2. The molecule has 0 unspecified atom stereocenters. The van der Waals surface area contributed by atoms with Crippen molar-refractivity contribution in [2.24, 2.45) is 5.41 Å². The average Bonchev–Trinajstić information content (AvgIpc) is 4.01. The highest BCUT2D eigenvalue weighted by Crippen LogP contribution is 2.66. The van der Waals surface area contributed by atoms with Crippen LogP contribution in [-0.2, 0) is 10.8 Å². The molecule has 0 fully saturated rings. The molecule has 4 aromatic heterocycles. The molecule has 59 heavy (non-hydrogen) atoms. The third kappa shape index (κ3) is 3.85. The van der Waals surface area contributed by atoms with E-state index in [1.165, 1.54) is 0 Å². The lowest BCUT2D eigenvalue weighted by Gasteiger charge is -2.45. The lowest BCUT2D eigenvalue weighted by molar-refractivity contribution is 0.125. The lowest BCUT2D eigenvalue weighted by Crippen LogP contribution is -2.42. The predicted octanol–water partition coefficient (Wildman–Crippen LogP) is 14.0. The van der Waals surface area contributed by atoms with Crippen LogP contribution in [0.2, 0.25) is 0 Å². The summed E-state index contributed by atoms with van der Waals surface area (Å²) < 4.78 is 18.1. The van der Waals surface area contributed by atoms with Gasteiger partial charge in [0.2, 0.25) is 0 Å².